The SMILES string of the molecule is Cc1cc2nn(-c3ccc(C(C)C)cc3)nc2cc1NC(=S)NC(=O)c1ccc(C(C)(C)C)cc1. The van der Waals surface area contributed by atoms with Crippen molar-refractivity contribution >= 4 is 40.0 Å². The molecule has 2 N–H and O–H groups in total. The molecule has 0 bridgehead atoms. The molecule has 7 heteroatoms. The van der Waals surface area contributed by atoms with Gasteiger partial charge in [-0.3, -0.25) is 10.1 Å². The van der Waals surface area contributed by atoms with Gasteiger partial charge in [0.2, 0.25) is 0 Å². The number of rotatable bonds is 4. The van der Waals surface area contributed by atoms with Crippen LogP contribution in [0.2, 0.25) is 0 Å². The van der Waals surface area contributed by atoms with Gasteiger partial charge in [-0.2, -0.15) is 4.80 Å². The van der Waals surface area contributed by atoms with Crippen LogP contribution in [0, 0.1) is 6.92 Å². The molecule has 0 fully saturated rings. The molecule has 1 heterocycles. The first-order valence-electron chi connectivity index (χ1n) is 11.7. The number of thiocarbonyl (C=S) groups is 1. The molecular formula is C28H31N5OS. The van der Waals surface area contributed by atoms with Crippen molar-refractivity contribution in [1.82, 2.24) is 20.3 Å². The van der Waals surface area contributed by atoms with Crippen molar-refractivity contribution in [3.63, 3.8) is 0 Å². The van der Waals surface area contributed by atoms with Crippen molar-refractivity contribution in [1.29, 1.82) is 0 Å². The van der Waals surface area contributed by atoms with Gasteiger partial charge in [-0.15, -0.1) is 10.2 Å². The highest BCUT2D eigenvalue weighted by Gasteiger charge is 2.15. The summed E-state index contributed by atoms with van der Waals surface area (Å²) in [4.78, 5) is 14.3. The molecule has 4 rings (SSSR count). The van der Waals surface area contributed by atoms with Crippen molar-refractivity contribution < 1.29 is 4.79 Å². The first-order chi connectivity index (χ1) is 16.5. The number of aromatic nitrogens is 3. The maximum Gasteiger partial charge on any atom is 0.257 e. The molecule has 4 aromatic rings. The molecule has 6 nitrogen and oxygen atoms in total. The number of carbonyl (C=O) groups excluding carboxylic acids is 1. The second kappa shape index (κ2) is 9.58. The van der Waals surface area contributed by atoms with Gasteiger partial charge in [-0.05, 0) is 83.6 Å². The topological polar surface area (TPSA) is 71.8 Å². The molecule has 180 valence electrons. The number of hydrogen-bond acceptors (Lipinski definition) is 4. The van der Waals surface area contributed by atoms with Gasteiger partial charge in [0, 0.05) is 11.3 Å². The summed E-state index contributed by atoms with van der Waals surface area (Å²) in [5, 5.41) is 15.4. The van der Waals surface area contributed by atoms with Crippen molar-refractivity contribution in [3.8, 4) is 5.69 Å². The van der Waals surface area contributed by atoms with E-state index in [0.717, 1.165) is 28.0 Å². The zero-order valence-electron chi connectivity index (χ0n) is 21.0. The maximum atomic E-state index is 12.7. The summed E-state index contributed by atoms with van der Waals surface area (Å²) in [5.74, 6) is 0.217. The van der Waals surface area contributed by atoms with Crippen LogP contribution in [0.25, 0.3) is 16.7 Å². The lowest BCUT2D eigenvalue weighted by molar-refractivity contribution is 0.0977. The summed E-state index contributed by atoms with van der Waals surface area (Å²) in [7, 11) is 0. The minimum Gasteiger partial charge on any atom is -0.332 e. The van der Waals surface area contributed by atoms with E-state index in [1.807, 2.05) is 55.5 Å². The van der Waals surface area contributed by atoms with Crippen LogP contribution in [-0.4, -0.2) is 26.0 Å². The first kappa shape index (κ1) is 24.5. The van der Waals surface area contributed by atoms with E-state index in [1.54, 1.807) is 4.80 Å². The lowest BCUT2D eigenvalue weighted by atomic mass is 9.87. The van der Waals surface area contributed by atoms with E-state index in [1.165, 1.54) is 11.1 Å². The van der Waals surface area contributed by atoms with E-state index < -0.39 is 0 Å². The standard InChI is InChI=1S/C28H31N5OS/c1-17(2)19-9-13-22(14-10-19)33-31-24-15-18(3)23(16-25(24)32-33)29-27(35)30-26(34)20-7-11-21(12-8-20)28(4,5)6/h7-17H,1-6H3,(H2,29,30,34,35). The average Bonchev–Trinajstić information content (AvgIpc) is 3.21. The molecule has 0 unspecified atom stereocenters. The van der Waals surface area contributed by atoms with E-state index in [9.17, 15) is 4.79 Å². The van der Waals surface area contributed by atoms with Gasteiger partial charge in [0.15, 0.2) is 5.11 Å². The van der Waals surface area contributed by atoms with Gasteiger partial charge >= 0.3 is 0 Å². The second-order valence-corrected chi connectivity index (χ2v) is 10.5. The van der Waals surface area contributed by atoms with Crippen LogP contribution in [0.3, 0.4) is 0 Å². The predicted octanol–water partition coefficient (Wildman–Crippen LogP) is 6.28. The number of anilines is 1. The third kappa shape index (κ3) is 5.57. The molecule has 35 heavy (non-hydrogen) atoms. The molecule has 0 radical (unpaired) electrons. The molecule has 0 aliphatic carbocycles. The molecule has 0 spiro atoms. The average molecular weight is 486 g/mol. The Balaban J connectivity index is 1.48. The van der Waals surface area contributed by atoms with Crippen LogP contribution in [-0.2, 0) is 5.41 Å². The van der Waals surface area contributed by atoms with Crippen LogP contribution in [0.1, 0.15) is 67.6 Å². The van der Waals surface area contributed by atoms with Gasteiger partial charge in [0.05, 0.1) is 5.69 Å². The zero-order valence-corrected chi connectivity index (χ0v) is 21.8. The summed E-state index contributed by atoms with van der Waals surface area (Å²) < 4.78 is 0. The highest BCUT2D eigenvalue weighted by atomic mass is 32.1. The lowest BCUT2D eigenvalue weighted by Gasteiger charge is -2.19. The van der Waals surface area contributed by atoms with Crippen molar-refractivity contribution in [2.45, 2.75) is 52.9 Å². The monoisotopic (exact) mass is 485 g/mol. The number of fused-ring (bicyclic) bond motifs is 1. The minimum absolute atomic E-state index is 0.0292. The number of aryl methyl sites for hydroxylation is 1. The Bertz CT molecular complexity index is 1380. The van der Waals surface area contributed by atoms with Gasteiger partial charge in [0.25, 0.3) is 5.91 Å². The summed E-state index contributed by atoms with van der Waals surface area (Å²) in [6, 6.07) is 19.7. The van der Waals surface area contributed by atoms with Crippen molar-refractivity contribution in [2.75, 3.05) is 5.32 Å². The van der Waals surface area contributed by atoms with E-state index in [4.69, 9.17) is 12.2 Å². The third-order valence-corrected chi connectivity index (χ3v) is 6.21. The van der Waals surface area contributed by atoms with Crippen molar-refractivity contribution in [3.05, 3.63) is 82.9 Å². The highest BCUT2D eigenvalue weighted by Crippen LogP contribution is 2.24. The van der Waals surface area contributed by atoms with Gasteiger partial charge in [-0.25, -0.2) is 0 Å². The smallest absolute Gasteiger partial charge is 0.257 e. The maximum absolute atomic E-state index is 12.7. The van der Waals surface area contributed by atoms with Crippen LogP contribution in [0.5, 0.6) is 0 Å². The molecule has 3 aromatic carbocycles. The van der Waals surface area contributed by atoms with E-state index in [-0.39, 0.29) is 16.4 Å². The second-order valence-electron chi connectivity index (χ2n) is 10.1. The Morgan fingerprint density at radius 3 is 2.11 bits per heavy atom. The highest BCUT2D eigenvalue weighted by molar-refractivity contribution is 7.80. The van der Waals surface area contributed by atoms with E-state index >= 15 is 0 Å². The fourth-order valence-corrected chi connectivity index (χ4v) is 3.96. The lowest BCUT2D eigenvalue weighted by Crippen LogP contribution is -2.34. The number of nitrogens with one attached hydrogen (secondary N) is 2. The summed E-state index contributed by atoms with van der Waals surface area (Å²) in [6.07, 6.45) is 0. The van der Waals surface area contributed by atoms with Gasteiger partial charge in [-0.1, -0.05) is 58.9 Å². The fraction of sp³-hybridized carbons (Fsp3) is 0.286. The van der Waals surface area contributed by atoms with Gasteiger partial charge < -0.3 is 5.32 Å². The Morgan fingerprint density at radius 2 is 1.54 bits per heavy atom. The van der Waals surface area contributed by atoms with E-state index in [2.05, 4.69) is 67.6 Å². The molecule has 1 amide bonds. The number of hydrogen-bond donors (Lipinski definition) is 2. The number of carbonyl (C=O) groups is 1. The summed E-state index contributed by atoms with van der Waals surface area (Å²) in [6.45, 7) is 12.7. The quantitative estimate of drug-likeness (QED) is 0.333. The summed E-state index contributed by atoms with van der Waals surface area (Å²) in [5.41, 5.74) is 7.17. The first-order valence-corrected chi connectivity index (χ1v) is 12.1. The Morgan fingerprint density at radius 1 is 0.943 bits per heavy atom. The van der Waals surface area contributed by atoms with Crippen LogP contribution in [0.4, 0.5) is 5.69 Å². The summed E-state index contributed by atoms with van der Waals surface area (Å²) >= 11 is 5.41. The molecule has 1 aromatic heterocycles. The molecule has 0 aliphatic rings. The van der Waals surface area contributed by atoms with Gasteiger partial charge in [0.1, 0.15) is 11.0 Å². The minimum atomic E-state index is -0.252. The van der Waals surface area contributed by atoms with Crippen LogP contribution < -0.4 is 10.6 Å². The fourth-order valence-electron chi connectivity index (χ4n) is 3.76. The Labute approximate surface area is 211 Å². The third-order valence-electron chi connectivity index (χ3n) is 6.01. The van der Waals surface area contributed by atoms with Crippen molar-refractivity contribution in [2.24, 2.45) is 0 Å². The molecule has 0 saturated carbocycles. The number of amides is 1. The predicted molar refractivity (Wildman–Crippen MR) is 147 cm³/mol. The molecular weight excluding hydrogens is 454 g/mol. The largest absolute Gasteiger partial charge is 0.332 e. The number of nitrogens with zero attached hydrogens (tertiary/aromatic N) is 3. The Hall–Kier alpha value is -3.58. The Kier molecular flexibility index (Phi) is 6.72. The molecule has 0 saturated heterocycles. The van der Waals surface area contributed by atoms with E-state index in [0.29, 0.717) is 11.5 Å². The van der Waals surface area contributed by atoms with Crippen LogP contribution >= 0.6 is 12.2 Å². The van der Waals surface area contributed by atoms with Crippen LogP contribution in [0.15, 0.2) is 60.7 Å². The molecule has 0 atom stereocenters. The zero-order chi connectivity index (χ0) is 25.3. The molecule has 0 aliphatic heterocycles. The number of benzene rings is 3. The normalized spacial score (nSPS) is 11.6.